The van der Waals surface area contributed by atoms with Crippen LogP contribution in [0.25, 0.3) is 0 Å². The SMILES string of the molecule is CCN1CCN(c2nc(SCCc3ccccc3F)c(C#N)c3c2COC(C)(C)C3)CC1. The number of halogens is 1. The van der Waals surface area contributed by atoms with Crippen LogP contribution in [0.4, 0.5) is 10.2 Å². The molecule has 5 nitrogen and oxygen atoms in total. The number of piperazine rings is 1. The normalized spacial score (nSPS) is 18.3. The van der Waals surface area contributed by atoms with Gasteiger partial charge in [0.2, 0.25) is 0 Å². The Morgan fingerprint density at radius 1 is 1.19 bits per heavy atom. The van der Waals surface area contributed by atoms with Crippen LogP contribution in [0.3, 0.4) is 0 Å². The summed E-state index contributed by atoms with van der Waals surface area (Å²) in [6.45, 7) is 11.7. The van der Waals surface area contributed by atoms with Crippen LogP contribution in [-0.2, 0) is 24.2 Å². The van der Waals surface area contributed by atoms with Gasteiger partial charge in [-0.2, -0.15) is 5.26 Å². The third kappa shape index (κ3) is 4.93. The number of nitriles is 1. The molecule has 0 amide bonds. The zero-order chi connectivity index (χ0) is 22.7. The number of hydrogen-bond donors (Lipinski definition) is 0. The van der Waals surface area contributed by atoms with Crippen LogP contribution in [0.2, 0.25) is 0 Å². The largest absolute Gasteiger partial charge is 0.370 e. The maximum absolute atomic E-state index is 14.0. The van der Waals surface area contributed by atoms with E-state index in [2.05, 4.69) is 36.6 Å². The van der Waals surface area contributed by atoms with Gasteiger partial charge in [0, 0.05) is 43.9 Å². The average molecular weight is 455 g/mol. The highest BCUT2D eigenvalue weighted by atomic mass is 32.2. The molecule has 2 aliphatic heterocycles. The molecule has 2 aliphatic rings. The highest BCUT2D eigenvalue weighted by Gasteiger charge is 2.33. The van der Waals surface area contributed by atoms with E-state index in [1.165, 1.54) is 6.07 Å². The lowest BCUT2D eigenvalue weighted by molar-refractivity contribution is -0.0402. The number of fused-ring (bicyclic) bond motifs is 1. The van der Waals surface area contributed by atoms with Crippen molar-refractivity contribution in [1.82, 2.24) is 9.88 Å². The first-order valence-corrected chi connectivity index (χ1v) is 12.3. The van der Waals surface area contributed by atoms with E-state index in [1.807, 2.05) is 12.1 Å². The van der Waals surface area contributed by atoms with Gasteiger partial charge in [-0.1, -0.05) is 25.1 Å². The first kappa shape index (κ1) is 23.0. The molecular weight excluding hydrogens is 423 g/mol. The lowest BCUT2D eigenvalue weighted by Crippen LogP contribution is -2.47. The van der Waals surface area contributed by atoms with E-state index in [4.69, 9.17) is 9.72 Å². The van der Waals surface area contributed by atoms with Crippen LogP contribution >= 0.6 is 11.8 Å². The molecule has 1 saturated heterocycles. The van der Waals surface area contributed by atoms with Crippen molar-refractivity contribution in [1.29, 1.82) is 5.26 Å². The second-order valence-corrected chi connectivity index (χ2v) is 10.1. The number of anilines is 1. The molecule has 170 valence electrons. The second kappa shape index (κ2) is 9.78. The fraction of sp³-hybridized carbons (Fsp3) is 0.520. The number of aryl methyl sites for hydroxylation is 1. The van der Waals surface area contributed by atoms with Gasteiger partial charge in [-0.3, -0.25) is 0 Å². The van der Waals surface area contributed by atoms with Crippen molar-refractivity contribution in [2.24, 2.45) is 0 Å². The van der Waals surface area contributed by atoms with Crippen LogP contribution in [0.5, 0.6) is 0 Å². The summed E-state index contributed by atoms with van der Waals surface area (Å²) in [6.07, 6.45) is 1.29. The molecule has 0 saturated carbocycles. The molecule has 7 heteroatoms. The van der Waals surface area contributed by atoms with Crippen LogP contribution in [-0.4, -0.2) is 54.0 Å². The Balaban J connectivity index is 1.64. The number of benzene rings is 1. The van der Waals surface area contributed by atoms with E-state index in [0.29, 0.717) is 36.3 Å². The molecule has 0 aliphatic carbocycles. The van der Waals surface area contributed by atoms with Crippen molar-refractivity contribution < 1.29 is 9.13 Å². The Bertz CT molecular complexity index is 1010. The molecule has 1 aromatic heterocycles. The minimum absolute atomic E-state index is 0.180. The Hall–Kier alpha value is -2.14. The first-order valence-electron chi connectivity index (χ1n) is 11.3. The molecule has 32 heavy (non-hydrogen) atoms. The van der Waals surface area contributed by atoms with E-state index in [9.17, 15) is 9.65 Å². The molecule has 0 spiro atoms. The molecule has 0 N–H and O–H groups in total. The minimum Gasteiger partial charge on any atom is -0.370 e. The fourth-order valence-electron chi connectivity index (χ4n) is 4.44. The van der Waals surface area contributed by atoms with Gasteiger partial charge < -0.3 is 14.5 Å². The second-order valence-electron chi connectivity index (χ2n) is 9.02. The highest BCUT2D eigenvalue weighted by Crippen LogP contribution is 2.39. The molecule has 1 fully saturated rings. The van der Waals surface area contributed by atoms with Crippen molar-refractivity contribution in [3.8, 4) is 6.07 Å². The zero-order valence-corrected chi connectivity index (χ0v) is 20.0. The Morgan fingerprint density at radius 3 is 2.62 bits per heavy atom. The lowest BCUT2D eigenvalue weighted by Gasteiger charge is -2.39. The number of hydrogen-bond acceptors (Lipinski definition) is 6. The number of rotatable bonds is 6. The Morgan fingerprint density at radius 2 is 1.94 bits per heavy atom. The van der Waals surface area contributed by atoms with Gasteiger partial charge in [0.25, 0.3) is 0 Å². The summed E-state index contributed by atoms with van der Waals surface area (Å²) < 4.78 is 20.2. The van der Waals surface area contributed by atoms with Gasteiger partial charge in [0.15, 0.2) is 0 Å². The Labute approximate surface area is 194 Å². The van der Waals surface area contributed by atoms with E-state index >= 15 is 0 Å². The molecular formula is C25H31FN4OS. The van der Waals surface area contributed by atoms with E-state index in [0.717, 1.165) is 54.7 Å². The summed E-state index contributed by atoms with van der Waals surface area (Å²) in [5.74, 6) is 1.45. The summed E-state index contributed by atoms with van der Waals surface area (Å²) in [6, 6.07) is 9.31. The summed E-state index contributed by atoms with van der Waals surface area (Å²) in [4.78, 5) is 9.79. The predicted molar refractivity (Wildman–Crippen MR) is 127 cm³/mol. The Kier molecular flexibility index (Phi) is 7.04. The fourth-order valence-corrected chi connectivity index (χ4v) is 5.42. The highest BCUT2D eigenvalue weighted by molar-refractivity contribution is 7.99. The maximum atomic E-state index is 14.0. The summed E-state index contributed by atoms with van der Waals surface area (Å²) in [7, 11) is 0. The third-order valence-electron chi connectivity index (χ3n) is 6.37. The number of thioether (sulfide) groups is 1. The maximum Gasteiger partial charge on any atom is 0.135 e. The standard InChI is InChI=1S/C25H31FN4OS/c1-4-29-10-12-30(13-11-29)23-21-17-31-25(2,3)15-19(21)20(16-27)24(28-23)32-14-9-18-7-5-6-8-22(18)26/h5-8H,4,9-15,17H2,1-3H3. The number of pyridine rings is 1. The quantitative estimate of drug-likeness (QED) is 0.603. The molecule has 1 aromatic carbocycles. The molecule has 0 unspecified atom stereocenters. The van der Waals surface area contributed by atoms with Crippen molar-refractivity contribution in [2.45, 2.75) is 50.8 Å². The van der Waals surface area contributed by atoms with E-state index < -0.39 is 0 Å². The van der Waals surface area contributed by atoms with Gasteiger partial charge in [-0.25, -0.2) is 9.37 Å². The van der Waals surface area contributed by atoms with Crippen LogP contribution in [0.1, 0.15) is 43.0 Å². The van der Waals surface area contributed by atoms with Crippen molar-refractivity contribution in [3.63, 3.8) is 0 Å². The minimum atomic E-state index is -0.312. The van der Waals surface area contributed by atoms with Gasteiger partial charge in [-0.05, 0) is 44.0 Å². The topological polar surface area (TPSA) is 52.4 Å². The van der Waals surface area contributed by atoms with Gasteiger partial charge in [0.1, 0.15) is 22.7 Å². The number of ether oxygens (including phenoxy) is 1. The number of nitrogens with zero attached hydrogens (tertiary/aromatic N) is 4. The molecule has 3 heterocycles. The van der Waals surface area contributed by atoms with Crippen molar-refractivity contribution in [3.05, 3.63) is 52.3 Å². The predicted octanol–water partition coefficient (Wildman–Crippen LogP) is 4.42. The van der Waals surface area contributed by atoms with E-state index in [-0.39, 0.29) is 11.4 Å². The number of aromatic nitrogens is 1. The average Bonchev–Trinajstić information content (AvgIpc) is 2.79. The summed E-state index contributed by atoms with van der Waals surface area (Å²) in [5, 5.41) is 10.8. The van der Waals surface area contributed by atoms with E-state index in [1.54, 1.807) is 17.8 Å². The third-order valence-corrected chi connectivity index (χ3v) is 7.34. The smallest absolute Gasteiger partial charge is 0.135 e. The molecule has 0 bridgehead atoms. The first-order chi connectivity index (χ1) is 15.4. The van der Waals surface area contributed by atoms with Crippen LogP contribution in [0, 0.1) is 17.1 Å². The summed E-state index contributed by atoms with van der Waals surface area (Å²) >= 11 is 1.55. The van der Waals surface area contributed by atoms with Crippen LogP contribution < -0.4 is 4.90 Å². The zero-order valence-electron chi connectivity index (χ0n) is 19.2. The van der Waals surface area contributed by atoms with Crippen molar-refractivity contribution >= 4 is 17.6 Å². The monoisotopic (exact) mass is 454 g/mol. The molecule has 0 radical (unpaired) electrons. The molecule has 4 rings (SSSR count). The number of likely N-dealkylation sites (N-methyl/N-ethyl adjacent to an activating group) is 1. The van der Waals surface area contributed by atoms with Gasteiger partial charge in [0.05, 0.1) is 17.8 Å². The molecule has 2 aromatic rings. The van der Waals surface area contributed by atoms with Gasteiger partial charge >= 0.3 is 0 Å². The van der Waals surface area contributed by atoms with Crippen molar-refractivity contribution in [2.75, 3.05) is 43.4 Å². The van der Waals surface area contributed by atoms with Crippen LogP contribution in [0.15, 0.2) is 29.3 Å². The van der Waals surface area contributed by atoms with Gasteiger partial charge in [-0.15, -0.1) is 11.8 Å². The molecule has 0 atom stereocenters. The lowest BCUT2D eigenvalue weighted by atomic mass is 9.89. The summed E-state index contributed by atoms with van der Waals surface area (Å²) in [5.41, 5.74) is 3.17.